The van der Waals surface area contributed by atoms with Crippen LogP contribution in [-0.2, 0) is 0 Å². The molecule has 0 aliphatic heterocycles. The molecule has 2 N–H and O–H groups in total. The lowest BCUT2D eigenvalue weighted by atomic mass is 10.1. The van der Waals surface area contributed by atoms with Gasteiger partial charge in [0, 0.05) is 19.7 Å². The van der Waals surface area contributed by atoms with Crippen LogP contribution >= 0.6 is 0 Å². The molecule has 0 bridgehead atoms. The third-order valence-electron chi connectivity index (χ3n) is 2.05. The van der Waals surface area contributed by atoms with Gasteiger partial charge in [-0.05, 0) is 18.2 Å². The normalized spacial score (nSPS) is 9.71. The van der Waals surface area contributed by atoms with Crippen LogP contribution in [0.4, 0.5) is 0 Å². The van der Waals surface area contributed by atoms with Crippen LogP contribution in [0.15, 0.2) is 18.2 Å². The average Bonchev–Trinajstić information content (AvgIpc) is 2.27. The second kappa shape index (κ2) is 5.56. The summed E-state index contributed by atoms with van der Waals surface area (Å²) in [6, 6.07) is 4.48. The van der Waals surface area contributed by atoms with Crippen molar-refractivity contribution in [3.63, 3.8) is 0 Å². The lowest BCUT2D eigenvalue weighted by Gasteiger charge is -2.14. The van der Waals surface area contributed by atoms with Crippen LogP contribution in [-0.4, -0.2) is 49.4 Å². The van der Waals surface area contributed by atoms with E-state index in [-0.39, 0.29) is 11.7 Å². The summed E-state index contributed by atoms with van der Waals surface area (Å²) in [5, 5.41) is 17.5. The van der Waals surface area contributed by atoms with Crippen molar-refractivity contribution in [1.82, 2.24) is 4.90 Å². The molecule has 0 saturated carbocycles. The van der Waals surface area contributed by atoms with Gasteiger partial charge in [-0.25, -0.2) is 0 Å². The SMILES string of the molecule is COc1ccc(C(=O)N(C)C)cc1OB(O)O. The van der Waals surface area contributed by atoms with Gasteiger partial charge in [0.15, 0.2) is 5.75 Å². The van der Waals surface area contributed by atoms with Gasteiger partial charge in [0.1, 0.15) is 5.75 Å². The van der Waals surface area contributed by atoms with E-state index < -0.39 is 7.32 Å². The van der Waals surface area contributed by atoms with E-state index in [9.17, 15) is 4.79 Å². The summed E-state index contributed by atoms with van der Waals surface area (Å²) in [5.74, 6) is 0.188. The minimum Gasteiger partial charge on any atom is -0.509 e. The largest absolute Gasteiger partial charge is 0.707 e. The van der Waals surface area contributed by atoms with E-state index in [0.717, 1.165) is 0 Å². The standard InChI is InChI=1S/C10H14BNO5/c1-12(2)10(13)7-4-5-8(16-3)9(6-7)17-11(14)15/h4-6,14-15H,1-3H3. The Morgan fingerprint density at radius 1 is 1.29 bits per heavy atom. The van der Waals surface area contributed by atoms with Crippen molar-refractivity contribution < 1.29 is 24.2 Å². The van der Waals surface area contributed by atoms with E-state index >= 15 is 0 Å². The Morgan fingerprint density at radius 2 is 1.94 bits per heavy atom. The van der Waals surface area contributed by atoms with Crippen LogP contribution in [0.1, 0.15) is 10.4 Å². The molecule has 0 spiro atoms. The van der Waals surface area contributed by atoms with Crippen molar-refractivity contribution in [3.05, 3.63) is 23.8 Å². The minimum atomic E-state index is -1.96. The molecule has 7 heteroatoms. The van der Waals surface area contributed by atoms with Gasteiger partial charge in [-0.15, -0.1) is 0 Å². The molecule has 1 amide bonds. The maximum atomic E-state index is 11.7. The Bertz CT molecular complexity index is 408. The molecular formula is C10H14BNO5. The van der Waals surface area contributed by atoms with Crippen LogP contribution in [0, 0.1) is 0 Å². The van der Waals surface area contributed by atoms with Crippen molar-refractivity contribution in [2.75, 3.05) is 21.2 Å². The Kier molecular flexibility index (Phi) is 4.36. The first-order valence-corrected chi connectivity index (χ1v) is 4.88. The summed E-state index contributed by atoms with van der Waals surface area (Å²) in [7, 11) is 2.69. The van der Waals surface area contributed by atoms with E-state index in [0.29, 0.717) is 11.3 Å². The van der Waals surface area contributed by atoms with Crippen molar-refractivity contribution in [2.45, 2.75) is 0 Å². The lowest BCUT2D eigenvalue weighted by Crippen LogP contribution is -2.23. The van der Waals surface area contributed by atoms with Crippen molar-refractivity contribution >= 4 is 13.2 Å². The maximum Gasteiger partial charge on any atom is 0.707 e. The Morgan fingerprint density at radius 3 is 2.41 bits per heavy atom. The molecule has 6 nitrogen and oxygen atoms in total. The number of ether oxygens (including phenoxy) is 1. The van der Waals surface area contributed by atoms with Crippen LogP contribution in [0.3, 0.4) is 0 Å². The summed E-state index contributed by atoms with van der Waals surface area (Å²) in [4.78, 5) is 13.1. The number of hydrogen-bond acceptors (Lipinski definition) is 5. The van der Waals surface area contributed by atoms with E-state index in [4.69, 9.17) is 19.4 Å². The van der Waals surface area contributed by atoms with Crippen LogP contribution in [0.2, 0.25) is 0 Å². The van der Waals surface area contributed by atoms with Gasteiger partial charge in [-0.1, -0.05) is 0 Å². The highest BCUT2D eigenvalue weighted by Crippen LogP contribution is 2.28. The number of amides is 1. The highest BCUT2D eigenvalue weighted by molar-refractivity contribution is 6.33. The second-order valence-electron chi connectivity index (χ2n) is 3.51. The topological polar surface area (TPSA) is 79.2 Å². The first-order valence-electron chi connectivity index (χ1n) is 4.88. The van der Waals surface area contributed by atoms with Gasteiger partial charge >= 0.3 is 7.32 Å². The van der Waals surface area contributed by atoms with E-state index in [1.54, 1.807) is 20.2 Å². The molecule has 0 atom stereocenters. The fourth-order valence-electron chi connectivity index (χ4n) is 1.27. The van der Waals surface area contributed by atoms with Crippen molar-refractivity contribution in [1.29, 1.82) is 0 Å². The first-order chi connectivity index (χ1) is 7.95. The smallest absolute Gasteiger partial charge is 0.509 e. The summed E-state index contributed by atoms with van der Waals surface area (Å²) in [6.07, 6.45) is 0. The third kappa shape index (κ3) is 3.37. The van der Waals surface area contributed by atoms with Crippen LogP contribution < -0.4 is 9.39 Å². The predicted octanol–water partition coefficient (Wildman–Crippen LogP) is -0.255. The highest BCUT2D eigenvalue weighted by Gasteiger charge is 2.17. The van der Waals surface area contributed by atoms with E-state index in [1.807, 2.05) is 0 Å². The van der Waals surface area contributed by atoms with Gasteiger partial charge in [-0.3, -0.25) is 4.79 Å². The summed E-state index contributed by atoms with van der Waals surface area (Å²) < 4.78 is 9.69. The molecule has 0 aliphatic rings. The number of hydrogen-bond donors (Lipinski definition) is 2. The zero-order chi connectivity index (χ0) is 13.0. The summed E-state index contributed by atoms with van der Waals surface area (Å²) in [6.45, 7) is 0. The summed E-state index contributed by atoms with van der Waals surface area (Å²) in [5.41, 5.74) is 0.367. The average molecular weight is 239 g/mol. The fourth-order valence-corrected chi connectivity index (χ4v) is 1.27. The summed E-state index contributed by atoms with van der Waals surface area (Å²) >= 11 is 0. The van der Waals surface area contributed by atoms with Gasteiger partial charge in [-0.2, -0.15) is 0 Å². The Balaban J connectivity index is 3.08. The highest BCUT2D eigenvalue weighted by atomic mass is 16.6. The molecule has 1 rings (SSSR count). The van der Waals surface area contributed by atoms with Gasteiger partial charge in [0.05, 0.1) is 7.11 Å². The molecule has 0 aliphatic carbocycles. The maximum absolute atomic E-state index is 11.7. The molecule has 1 aromatic carbocycles. The number of benzene rings is 1. The zero-order valence-electron chi connectivity index (χ0n) is 9.88. The number of rotatable bonds is 4. The molecule has 0 saturated heterocycles. The van der Waals surface area contributed by atoms with E-state index in [1.165, 1.54) is 24.1 Å². The molecule has 0 radical (unpaired) electrons. The third-order valence-corrected chi connectivity index (χ3v) is 2.05. The van der Waals surface area contributed by atoms with Crippen LogP contribution in [0.25, 0.3) is 0 Å². The van der Waals surface area contributed by atoms with Crippen molar-refractivity contribution in [2.24, 2.45) is 0 Å². The van der Waals surface area contributed by atoms with Gasteiger partial charge in [0.25, 0.3) is 5.91 Å². The molecule has 0 aromatic heterocycles. The molecule has 0 unspecified atom stereocenters. The van der Waals surface area contributed by atoms with Crippen LogP contribution in [0.5, 0.6) is 11.5 Å². The Hall–Kier alpha value is -1.73. The number of carbonyl (C=O) groups is 1. The number of carbonyl (C=O) groups excluding carboxylic acids is 1. The number of nitrogens with zero attached hydrogens (tertiary/aromatic N) is 1. The first kappa shape index (κ1) is 13.3. The lowest BCUT2D eigenvalue weighted by molar-refractivity contribution is 0.0827. The molecular weight excluding hydrogens is 225 g/mol. The molecule has 0 fully saturated rings. The predicted molar refractivity (Wildman–Crippen MR) is 61.8 cm³/mol. The minimum absolute atomic E-state index is 0.0928. The molecule has 92 valence electrons. The quantitative estimate of drug-likeness (QED) is 0.708. The van der Waals surface area contributed by atoms with E-state index in [2.05, 4.69) is 0 Å². The monoisotopic (exact) mass is 239 g/mol. The fraction of sp³-hybridized carbons (Fsp3) is 0.300. The van der Waals surface area contributed by atoms with Crippen molar-refractivity contribution in [3.8, 4) is 11.5 Å². The Labute approximate surface area is 99.6 Å². The number of methoxy groups -OCH3 is 1. The molecule has 0 heterocycles. The molecule has 17 heavy (non-hydrogen) atoms. The molecule has 1 aromatic rings. The van der Waals surface area contributed by atoms with Gasteiger partial charge < -0.3 is 24.3 Å². The zero-order valence-corrected chi connectivity index (χ0v) is 9.88. The van der Waals surface area contributed by atoms with Gasteiger partial charge in [0.2, 0.25) is 0 Å². The second-order valence-corrected chi connectivity index (χ2v) is 3.51.